The number of aliphatic hydroxyl groups excluding tert-OH is 1. The van der Waals surface area contributed by atoms with Crippen LogP contribution in [0.4, 0.5) is 0 Å². The van der Waals surface area contributed by atoms with Crippen molar-refractivity contribution in [2.24, 2.45) is 0 Å². The first-order valence-corrected chi connectivity index (χ1v) is 6.23. The van der Waals surface area contributed by atoms with Crippen molar-refractivity contribution in [3.05, 3.63) is 29.8 Å². The summed E-state index contributed by atoms with van der Waals surface area (Å²) in [5.74, 6) is 0.765. The summed E-state index contributed by atoms with van der Waals surface area (Å²) >= 11 is 0. The number of amides is 1. The zero-order valence-corrected chi connectivity index (χ0v) is 11.0. The van der Waals surface area contributed by atoms with E-state index in [0.717, 1.165) is 17.7 Å². The molecule has 1 amide bonds. The molecular weight excluding hydrogens is 230 g/mol. The van der Waals surface area contributed by atoms with Gasteiger partial charge >= 0.3 is 0 Å². The Kier molecular flexibility index (Phi) is 6.22. The van der Waals surface area contributed by atoms with Crippen LogP contribution in [0.3, 0.4) is 0 Å². The first-order valence-electron chi connectivity index (χ1n) is 6.23. The van der Waals surface area contributed by atoms with E-state index in [-0.39, 0.29) is 18.6 Å². The predicted octanol–water partition coefficient (Wildman–Crippen LogP) is 1.51. The summed E-state index contributed by atoms with van der Waals surface area (Å²) < 4.78 is 5.23. The van der Waals surface area contributed by atoms with E-state index in [9.17, 15) is 4.79 Å². The molecule has 1 aromatic carbocycles. The maximum Gasteiger partial charge on any atom is 0.220 e. The molecule has 0 aliphatic carbocycles. The van der Waals surface area contributed by atoms with E-state index in [1.807, 2.05) is 31.2 Å². The van der Waals surface area contributed by atoms with Crippen molar-refractivity contribution in [3.63, 3.8) is 0 Å². The number of hydrogen-bond donors (Lipinski definition) is 2. The number of hydrogen-bond acceptors (Lipinski definition) is 3. The fraction of sp³-hybridized carbons (Fsp3) is 0.500. The Bertz CT molecular complexity index is 375. The van der Waals surface area contributed by atoms with Crippen LogP contribution in [0.5, 0.6) is 5.75 Å². The van der Waals surface area contributed by atoms with Gasteiger partial charge in [-0.25, -0.2) is 0 Å². The number of benzene rings is 1. The number of methoxy groups -OCH3 is 1. The van der Waals surface area contributed by atoms with Crippen LogP contribution >= 0.6 is 0 Å². The largest absolute Gasteiger partial charge is 0.496 e. The van der Waals surface area contributed by atoms with Crippen LogP contribution in [0.2, 0.25) is 0 Å². The highest BCUT2D eigenvalue weighted by Gasteiger charge is 2.10. The Morgan fingerprint density at radius 3 is 2.78 bits per heavy atom. The first-order chi connectivity index (χ1) is 8.71. The van der Waals surface area contributed by atoms with Crippen LogP contribution in [0, 0.1) is 0 Å². The SMILES string of the molecule is CC[C@H](CO)NC(=O)CCc1ccccc1OC. The van der Waals surface area contributed by atoms with E-state index in [1.165, 1.54) is 0 Å². The van der Waals surface area contributed by atoms with Crippen LogP contribution in [0.1, 0.15) is 25.3 Å². The van der Waals surface area contributed by atoms with Gasteiger partial charge in [-0.2, -0.15) is 0 Å². The minimum Gasteiger partial charge on any atom is -0.496 e. The summed E-state index contributed by atoms with van der Waals surface area (Å²) in [5, 5.41) is 11.8. The molecule has 1 rings (SSSR count). The molecule has 100 valence electrons. The highest BCUT2D eigenvalue weighted by Crippen LogP contribution is 2.18. The maximum atomic E-state index is 11.7. The Balaban J connectivity index is 2.47. The number of nitrogens with one attached hydrogen (secondary N) is 1. The smallest absolute Gasteiger partial charge is 0.220 e. The molecule has 0 spiro atoms. The molecule has 0 unspecified atom stereocenters. The van der Waals surface area contributed by atoms with Crippen molar-refractivity contribution >= 4 is 5.91 Å². The fourth-order valence-corrected chi connectivity index (χ4v) is 1.73. The van der Waals surface area contributed by atoms with Crippen LogP contribution in [0.15, 0.2) is 24.3 Å². The van der Waals surface area contributed by atoms with E-state index in [2.05, 4.69) is 5.32 Å². The molecule has 0 aliphatic rings. The number of carbonyl (C=O) groups excluding carboxylic acids is 1. The van der Waals surface area contributed by atoms with E-state index in [1.54, 1.807) is 7.11 Å². The molecule has 4 nitrogen and oxygen atoms in total. The summed E-state index contributed by atoms with van der Waals surface area (Å²) in [6.07, 6.45) is 1.77. The summed E-state index contributed by atoms with van der Waals surface area (Å²) in [6.45, 7) is 1.91. The second-order valence-electron chi connectivity index (χ2n) is 4.17. The Hall–Kier alpha value is -1.55. The van der Waals surface area contributed by atoms with Gasteiger partial charge in [-0.1, -0.05) is 25.1 Å². The summed E-state index contributed by atoms with van der Waals surface area (Å²) in [7, 11) is 1.62. The lowest BCUT2D eigenvalue weighted by Crippen LogP contribution is -2.37. The third-order valence-electron chi connectivity index (χ3n) is 2.89. The Labute approximate surface area is 108 Å². The van der Waals surface area contributed by atoms with Gasteiger partial charge < -0.3 is 15.2 Å². The van der Waals surface area contributed by atoms with Gasteiger partial charge in [0.1, 0.15) is 5.75 Å². The van der Waals surface area contributed by atoms with Gasteiger partial charge in [0, 0.05) is 6.42 Å². The lowest BCUT2D eigenvalue weighted by atomic mass is 10.1. The molecule has 0 saturated heterocycles. The lowest BCUT2D eigenvalue weighted by Gasteiger charge is -2.14. The highest BCUT2D eigenvalue weighted by molar-refractivity contribution is 5.76. The number of para-hydroxylation sites is 1. The van der Waals surface area contributed by atoms with E-state index < -0.39 is 0 Å². The molecule has 0 aliphatic heterocycles. The van der Waals surface area contributed by atoms with Crippen molar-refractivity contribution in [2.45, 2.75) is 32.2 Å². The highest BCUT2D eigenvalue weighted by atomic mass is 16.5. The number of carbonyl (C=O) groups is 1. The number of rotatable bonds is 7. The van der Waals surface area contributed by atoms with Crippen LogP contribution in [-0.2, 0) is 11.2 Å². The average Bonchev–Trinajstić information content (AvgIpc) is 2.42. The molecule has 0 aromatic heterocycles. The van der Waals surface area contributed by atoms with Crippen molar-refractivity contribution in [2.75, 3.05) is 13.7 Å². The molecule has 1 aromatic rings. The maximum absolute atomic E-state index is 11.7. The van der Waals surface area contributed by atoms with Gasteiger partial charge in [-0.05, 0) is 24.5 Å². The van der Waals surface area contributed by atoms with Gasteiger partial charge in [0.25, 0.3) is 0 Å². The zero-order chi connectivity index (χ0) is 13.4. The van der Waals surface area contributed by atoms with Gasteiger partial charge in [-0.15, -0.1) is 0 Å². The third kappa shape index (κ3) is 4.37. The molecule has 0 fully saturated rings. The van der Waals surface area contributed by atoms with Gasteiger partial charge in [-0.3, -0.25) is 4.79 Å². The van der Waals surface area contributed by atoms with Crippen molar-refractivity contribution in [1.82, 2.24) is 5.32 Å². The number of aryl methyl sites for hydroxylation is 1. The first kappa shape index (κ1) is 14.5. The summed E-state index contributed by atoms with van der Waals surface area (Å²) in [4.78, 5) is 11.7. The molecule has 18 heavy (non-hydrogen) atoms. The quantitative estimate of drug-likeness (QED) is 0.772. The monoisotopic (exact) mass is 251 g/mol. The van der Waals surface area contributed by atoms with Crippen LogP contribution < -0.4 is 10.1 Å². The molecule has 2 N–H and O–H groups in total. The fourth-order valence-electron chi connectivity index (χ4n) is 1.73. The molecule has 0 heterocycles. The minimum absolute atomic E-state index is 0.0170. The van der Waals surface area contributed by atoms with Crippen molar-refractivity contribution < 1.29 is 14.6 Å². The molecular formula is C14H21NO3. The molecule has 4 heteroatoms. The van der Waals surface area contributed by atoms with E-state index in [0.29, 0.717) is 12.8 Å². The van der Waals surface area contributed by atoms with E-state index in [4.69, 9.17) is 9.84 Å². The number of ether oxygens (including phenoxy) is 1. The molecule has 0 radical (unpaired) electrons. The predicted molar refractivity (Wildman–Crippen MR) is 70.6 cm³/mol. The van der Waals surface area contributed by atoms with E-state index >= 15 is 0 Å². The lowest BCUT2D eigenvalue weighted by molar-refractivity contribution is -0.122. The van der Waals surface area contributed by atoms with Gasteiger partial charge in [0.05, 0.1) is 19.8 Å². The standard InChI is InChI=1S/C14H21NO3/c1-3-12(10-16)15-14(17)9-8-11-6-4-5-7-13(11)18-2/h4-7,12,16H,3,8-10H2,1-2H3,(H,15,17)/t12-/m1/s1. The molecule has 0 bridgehead atoms. The summed E-state index contributed by atoms with van der Waals surface area (Å²) in [6, 6.07) is 7.53. The Morgan fingerprint density at radius 2 is 2.17 bits per heavy atom. The van der Waals surface area contributed by atoms with Gasteiger partial charge in [0.15, 0.2) is 0 Å². The third-order valence-corrected chi connectivity index (χ3v) is 2.89. The zero-order valence-electron chi connectivity index (χ0n) is 11.0. The normalized spacial score (nSPS) is 11.9. The second kappa shape index (κ2) is 7.71. The molecule has 0 saturated carbocycles. The Morgan fingerprint density at radius 1 is 1.44 bits per heavy atom. The number of aliphatic hydroxyl groups is 1. The van der Waals surface area contributed by atoms with Crippen LogP contribution in [-0.4, -0.2) is 30.8 Å². The van der Waals surface area contributed by atoms with Gasteiger partial charge in [0.2, 0.25) is 5.91 Å². The summed E-state index contributed by atoms with van der Waals surface area (Å²) in [5.41, 5.74) is 1.02. The minimum atomic E-state index is -0.143. The van der Waals surface area contributed by atoms with Crippen molar-refractivity contribution in [3.8, 4) is 5.75 Å². The topological polar surface area (TPSA) is 58.6 Å². The second-order valence-corrected chi connectivity index (χ2v) is 4.17. The van der Waals surface area contributed by atoms with Crippen molar-refractivity contribution in [1.29, 1.82) is 0 Å². The molecule has 1 atom stereocenters. The average molecular weight is 251 g/mol. The van der Waals surface area contributed by atoms with Crippen LogP contribution in [0.25, 0.3) is 0 Å².